The lowest BCUT2D eigenvalue weighted by Crippen LogP contribution is -2.20. The summed E-state index contributed by atoms with van der Waals surface area (Å²) in [6.07, 6.45) is 0. The summed E-state index contributed by atoms with van der Waals surface area (Å²) in [5, 5.41) is 2.82. The van der Waals surface area contributed by atoms with Crippen LogP contribution in [0.2, 0.25) is 0 Å². The number of carbonyl (C=O) groups is 1. The molecule has 0 unspecified atom stereocenters. The Morgan fingerprint density at radius 3 is 2.48 bits per heavy atom. The number of ether oxygens (including phenoxy) is 3. The van der Waals surface area contributed by atoms with E-state index in [-0.39, 0.29) is 12.5 Å². The molecule has 2 aromatic rings. The second kappa shape index (κ2) is 10.9. The summed E-state index contributed by atoms with van der Waals surface area (Å²) in [6, 6.07) is 13.0. The molecule has 146 valence electrons. The highest BCUT2D eigenvalue weighted by Gasteiger charge is 2.11. The first-order valence-electron chi connectivity index (χ1n) is 9.02. The van der Waals surface area contributed by atoms with Crippen LogP contribution in [0.3, 0.4) is 0 Å². The highest BCUT2D eigenvalue weighted by Crippen LogP contribution is 2.29. The number of benzene rings is 2. The van der Waals surface area contributed by atoms with Gasteiger partial charge in [-0.1, -0.05) is 29.8 Å². The van der Waals surface area contributed by atoms with Crippen LogP contribution in [0.25, 0.3) is 0 Å². The summed E-state index contributed by atoms with van der Waals surface area (Å²) in [6.45, 7) is 7.81. The lowest BCUT2D eigenvalue weighted by molar-refractivity contribution is -0.118. The maximum Gasteiger partial charge on any atom is 0.262 e. The van der Waals surface area contributed by atoms with Gasteiger partial charge in [-0.2, -0.15) is 0 Å². The van der Waals surface area contributed by atoms with Gasteiger partial charge in [-0.05, 0) is 60.9 Å². The lowest BCUT2D eigenvalue weighted by atomic mass is 10.0. The molecule has 0 saturated heterocycles. The number of carbonyl (C=O) groups excluding carboxylic acids is 1. The van der Waals surface area contributed by atoms with Crippen molar-refractivity contribution in [1.82, 2.24) is 0 Å². The first-order valence-corrected chi connectivity index (χ1v) is 9.81. The maximum absolute atomic E-state index is 12.2. The number of amides is 1. The van der Waals surface area contributed by atoms with Crippen molar-refractivity contribution in [2.24, 2.45) is 0 Å². The van der Waals surface area contributed by atoms with Crippen molar-refractivity contribution in [2.75, 3.05) is 31.7 Å². The molecular weight excluding hydrogens is 410 g/mol. The average molecular weight is 436 g/mol. The summed E-state index contributed by atoms with van der Waals surface area (Å²) in [4.78, 5) is 12.2. The minimum absolute atomic E-state index is 0.0477. The van der Waals surface area contributed by atoms with Gasteiger partial charge in [-0.3, -0.25) is 4.79 Å². The van der Waals surface area contributed by atoms with Gasteiger partial charge in [0.25, 0.3) is 5.91 Å². The highest BCUT2D eigenvalue weighted by atomic mass is 79.9. The topological polar surface area (TPSA) is 56.8 Å². The van der Waals surface area contributed by atoms with Crippen LogP contribution < -0.4 is 14.8 Å². The Labute approximate surface area is 169 Å². The van der Waals surface area contributed by atoms with Crippen LogP contribution in [0.4, 0.5) is 5.69 Å². The molecule has 0 aromatic heterocycles. The molecular formula is C21H26BrNO4. The molecule has 0 aliphatic heterocycles. The van der Waals surface area contributed by atoms with Crippen molar-refractivity contribution in [3.8, 4) is 11.5 Å². The Hall–Kier alpha value is -2.05. The van der Waals surface area contributed by atoms with Crippen molar-refractivity contribution >= 4 is 27.5 Å². The molecule has 0 aliphatic rings. The molecule has 0 aliphatic carbocycles. The van der Waals surface area contributed by atoms with E-state index in [0.717, 1.165) is 21.5 Å². The van der Waals surface area contributed by atoms with E-state index in [2.05, 4.69) is 35.1 Å². The third-order valence-electron chi connectivity index (χ3n) is 3.79. The van der Waals surface area contributed by atoms with Crippen LogP contribution in [0.5, 0.6) is 11.5 Å². The Bertz CT molecular complexity index is 731. The fourth-order valence-corrected chi connectivity index (χ4v) is 2.82. The third-order valence-corrected chi connectivity index (χ3v) is 4.28. The highest BCUT2D eigenvalue weighted by molar-refractivity contribution is 9.10. The molecule has 0 atom stereocenters. The van der Waals surface area contributed by atoms with Gasteiger partial charge in [0.2, 0.25) is 0 Å². The predicted octanol–water partition coefficient (Wildman–Crippen LogP) is 5.01. The standard InChI is InChI=1S/C21H26BrNO4/c1-4-25-11-12-26-18-8-6-17(7-9-18)23-21(24)14-27-20-10-5-16(22)13-19(20)15(2)3/h5-10,13,15H,4,11-12,14H2,1-3H3,(H,23,24). The van der Waals surface area contributed by atoms with Crippen molar-refractivity contribution in [3.05, 3.63) is 52.5 Å². The van der Waals surface area contributed by atoms with Gasteiger partial charge in [-0.15, -0.1) is 0 Å². The van der Waals surface area contributed by atoms with Crippen molar-refractivity contribution in [3.63, 3.8) is 0 Å². The first-order chi connectivity index (χ1) is 13.0. The molecule has 1 N–H and O–H groups in total. The zero-order valence-electron chi connectivity index (χ0n) is 16.0. The van der Waals surface area contributed by atoms with Crippen LogP contribution in [0, 0.1) is 0 Å². The fourth-order valence-electron chi connectivity index (χ4n) is 2.44. The minimum Gasteiger partial charge on any atom is -0.491 e. The van der Waals surface area contributed by atoms with E-state index in [0.29, 0.717) is 31.4 Å². The lowest BCUT2D eigenvalue weighted by Gasteiger charge is -2.14. The Balaban J connectivity index is 1.84. The van der Waals surface area contributed by atoms with E-state index >= 15 is 0 Å². The zero-order chi connectivity index (χ0) is 19.6. The van der Waals surface area contributed by atoms with E-state index in [1.165, 1.54) is 0 Å². The molecule has 0 fully saturated rings. The van der Waals surface area contributed by atoms with E-state index in [1.54, 1.807) is 12.1 Å². The van der Waals surface area contributed by atoms with Crippen molar-refractivity contribution in [2.45, 2.75) is 26.7 Å². The molecule has 0 spiro atoms. The van der Waals surface area contributed by atoms with Crippen LogP contribution in [-0.4, -0.2) is 32.3 Å². The van der Waals surface area contributed by atoms with Crippen LogP contribution in [-0.2, 0) is 9.53 Å². The molecule has 2 aromatic carbocycles. The quantitative estimate of drug-likeness (QED) is 0.533. The number of hydrogen-bond acceptors (Lipinski definition) is 4. The predicted molar refractivity (Wildman–Crippen MR) is 111 cm³/mol. The molecule has 0 heterocycles. The van der Waals surface area contributed by atoms with Gasteiger partial charge in [0.15, 0.2) is 6.61 Å². The summed E-state index contributed by atoms with van der Waals surface area (Å²) in [5.74, 6) is 1.55. The molecule has 6 heteroatoms. The molecule has 2 rings (SSSR count). The molecule has 0 radical (unpaired) electrons. The van der Waals surface area contributed by atoms with Gasteiger partial charge >= 0.3 is 0 Å². The Kier molecular flexibility index (Phi) is 8.61. The largest absolute Gasteiger partial charge is 0.491 e. The summed E-state index contributed by atoms with van der Waals surface area (Å²) < 4.78 is 17.5. The maximum atomic E-state index is 12.2. The fraction of sp³-hybridized carbons (Fsp3) is 0.381. The average Bonchev–Trinajstić information content (AvgIpc) is 2.65. The number of nitrogens with one attached hydrogen (secondary N) is 1. The zero-order valence-corrected chi connectivity index (χ0v) is 17.5. The monoisotopic (exact) mass is 435 g/mol. The second-order valence-corrected chi connectivity index (χ2v) is 7.16. The summed E-state index contributed by atoms with van der Waals surface area (Å²) >= 11 is 3.47. The number of rotatable bonds is 10. The molecule has 0 saturated carbocycles. The Morgan fingerprint density at radius 2 is 1.81 bits per heavy atom. The summed E-state index contributed by atoms with van der Waals surface area (Å²) in [5.41, 5.74) is 1.76. The van der Waals surface area contributed by atoms with E-state index in [1.807, 2.05) is 37.3 Å². The Morgan fingerprint density at radius 1 is 1.07 bits per heavy atom. The SMILES string of the molecule is CCOCCOc1ccc(NC(=O)COc2ccc(Br)cc2C(C)C)cc1. The van der Waals surface area contributed by atoms with E-state index in [4.69, 9.17) is 14.2 Å². The minimum atomic E-state index is -0.211. The van der Waals surface area contributed by atoms with Gasteiger partial charge < -0.3 is 19.5 Å². The van der Waals surface area contributed by atoms with Crippen LogP contribution in [0.15, 0.2) is 46.9 Å². The molecule has 27 heavy (non-hydrogen) atoms. The summed E-state index contributed by atoms with van der Waals surface area (Å²) in [7, 11) is 0. The number of anilines is 1. The second-order valence-electron chi connectivity index (χ2n) is 6.24. The van der Waals surface area contributed by atoms with Gasteiger partial charge in [0.05, 0.1) is 6.61 Å². The van der Waals surface area contributed by atoms with Gasteiger partial charge in [0.1, 0.15) is 18.1 Å². The van der Waals surface area contributed by atoms with Crippen LogP contribution in [0.1, 0.15) is 32.3 Å². The van der Waals surface area contributed by atoms with Gasteiger partial charge in [0, 0.05) is 16.8 Å². The number of halogens is 1. The molecule has 0 bridgehead atoms. The first kappa shape index (κ1) is 21.3. The van der Waals surface area contributed by atoms with Gasteiger partial charge in [-0.25, -0.2) is 0 Å². The van der Waals surface area contributed by atoms with Crippen LogP contribution >= 0.6 is 15.9 Å². The van der Waals surface area contributed by atoms with Crippen molar-refractivity contribution < 1.29 is 19.0 Å². The number of hydrogen-bond donors (Lipinski definition) is 1. The van der Waals surface area contributed by atoms with Crippen molar-refractivity contribution in [1.29, 1.82) is 0 Å². The molecule has 1 amide bonds. The molecule has 5 nitrogen and oxygen atoms in total. The normalized spacial score (nSPS) is 10.7. The van der Waals surface area contributed by atoms with E-state index < -0.39 is 0 Å². The van der Waals surface area contributed by atoms with E-state index in [9.17, 15) is 4.79 Å². The smallest absolute Gasteiger partial charge is 0.262 e. The third kappa shape index (κ3) is 7.23.